The van der Waals surface area contributed by atoms with Crippen LogP contribution in [0.3, 0.4) is 0 Å². The van der Waals surface area contributed by atoms with Crippen molar-refractivity contribution in [2.45, 2.75) is 18.8 Å². The SMILES string of the molecule is [CH2-][n+]1cccc2c1-c1c(C)cccc1C(F)(F)C2(F)F. The number of halogens is 4. The molecule has 0 bridgehead atoms. The monoisotopic (exact) mass is 281 g/mol. The molecule has 0 unspecified atom stereocenters. The molecule has 0 fully saturated rings. The van der Waals surface area contributed by atoms with Gasteiger partial charge in [-0.15, -0.1) is 0 Å². The Morgan fingerprint density at radius 3 is 2.25 bits per heavy atom. The highest BCUT2D eigenvalue weighted by Gasteiger charge is 2.63. The van der Waals surface area contributed by atoms with Crippen molar-refractivity contribution in [1.82, 2.24) is 0 Å². The number of hydrogen-bond acceptors (Lipinski definition) is 0. The predicted octanol–water partition coefficient (Wildman–Crippen LogP) is 3.79. The molecule has 2 aromatic rings. The Morgan fingerprint density at radius 1 is 0.950 bits per heavy atom. The van der Waals surface area contributed by atoms with Gasteiger partial charge >= 0.3 is 11.8 Å². The third kappa shape index (κ3) is 1.38. The topological polar surface area (TPSA) is 3.88 Å². The third-order valence-electron chi connectivity index (χ3n) is 3.65. The molecule has 1 aromatic carbocycles. The van der Waals surface area contributed by atoms with Gasteiger partial charge in [0.25, 0.3) is 0 Å². The van der Waals surface area contributed by atoms with Gasteiger partial charge in [-0.2, -0.15) is 17.6 Å². The Hall–Kier alpha value is -2.04. The molecule has 20 heavy (non-hydrogen) atoms. The molecule has 0 saturated heterocycles. The molecule has 0 spiro atoms. The van der Waals surface area contributed by atoms with Crippen molar-refractivity contribution in [2.24, 2.45) is 0 Å². The largest absolute Gasteiger partial charge is 0.338 e. The van der Waals surface area contributed by atoms with Gasteiger partial charge in [-0.05, 0) is 12.5 Å². The van der Waals surface area contributed by atoms with Crippen LogP contribution in [0.15, 0.2) is 36.5 Å². The molecular weight excluding hydrogens is 270 g/mol. The van der Waals surface area contributed by atoms with Crippen LogP contribution >= 0.6 is 0 Å². The van der Waals surface area contributed by atoms with E-state index in [2.05, 4.69) is 7.05 Å². The zero-order chi connectivity index (χ0) is 14.7. The number of rotatable bonds is 0. The fraction of sp³-hybridized carbons (Fsp3) is 0.200. The first-order valence-corrected chi connectivity index (χ1v) is 6.00. The summed E-state index contributed by atoms with van der Waals surface area (Å²) in [6.07, 6.45) is 1.47. The summed E-state index contributed by atoms with van der Waals surface area (Å²) >= 11 is 0. The number of pyridine rings is 1. The summed E-state index contributed by atoms with van der Waals surface area (Å²) < 4.78 is 57.9. The van der Waals surface area contributed by atoms with Crippen molar-refractivity contribution < 1.29 is 22.1 Å². The van der Waals surface area contributed by atoms with Crippen molar-refractivity contribution in [1.29, 1.82) is 0 Å². The first kappa shape index (κ1) is 13.0. The quantitative estimate of drug-likeness (QED) is 0.393. The molecular formula is C15H11F4N. The zero-order valence-corrected chi connectivity index (χ0v) is 10.6. The van der Waals surface area contributed by atoms with E-state index in [1.165, 1.54) is 22.9 Å². The van der Waals surface area contributed by atoms with Gasteiger partial charge in [-0.1, -0.05) is 30.3 Å². The first-order valence-electron chi connectivity index (χ1n) is 6.00. The van der Waals surface area contributed by atoms with Gasteiger partial charge in [0.2, 0.25) is 0 Å². The van der Waals surface area contributed by atoms with Crippen molar-refractivity contribution in [2.75, 3.05) is 0 Å². The number of aromatic nitrogens is 1. The first-order chi connectivity index (χ1) is 9.28. The molecule has 1 aliphatic rings. The molecule has 0 radical (unpaired) electrons. The molecule has 0 N–H and O–H groups in total. The van der Waals surface area contributed by atoms with Crippen LogP contribution in [-0.2, 0) is 11.8 Å². The lowest BCUT2D eigenvalue weighted by Crippen LogP contribution is -2.44. The van der Waals surface area contributed by atoms with Gasteiger partial charge in [0.05, 0.1) is 6.20 Å². The van der Waals surface area contributed by atoms with Crippen LogP contribution in [-0.4, -0.2) is 0 Å². The summed E-state index contributed by atoms with van der Waals surface area (Å²) in [4.78, 5) is 0. The van der Waals surface area contributed by atoms with Gasteiger partial charge in [0.15, 0.2) is 0 Å². The second-order valence-electron chi connectivity index (χ2n) is 4.89. The fourth-order valence-corrected chi connectivity index (χ4v) is 2.66. The van der Waals surface area contributed by atoms with E-state index < -0.39 is 23.0 Å². The Kier molecular flexibility index (Phi) is 2.43. The van der Waals surface area contributed by atoms with Gasteiger partial charge in [0.1, 0.15) is 5.69 Å². The second-order valence-corrected chi connectivity index (χ2v) is 4.89. The van der Waals surface area contributed by atoms with Crippen LogP contribution in [0, 0.1) is 14.0 Å². The number of fused-ring (bicyclic) bond motifs is 3. The summed E-state index contributed by atoms with van der Waals surface area (Å²) in [5.74, 6) is -8.50. The zero-order valence-electron chi connectivity index (χ0n) is 10.6. The molecule has 0 aliphatic heterocycles. The van der Waals surface area contributed by atoms with Crippen LogP contribution < -0.4 is 4.57 Å². The summed E-state index contributed by atoms with van der Waals surface area (Å²) in [7, 11) is 3.63. The Morgan fingerprint density at radius 2 is 1.55 bits per heavy atom. The highest BCUT2D eigenvalue weighted by atomic mass is 19.3. The molecule has 5 heteroatoms. The molecule has 104 valence electrons. The summed E-state index contributed by atoms with van der Waals surface area (Å²) in [6, 6.07) is 6.35. The highest BCUT2D eigenvalue weighted by Crippen LogP contribution is 2.57. The van der Waals surface area contributed by atoms with Crippen molar-refractivity contribution in [3.05, 3.63) is 60.3 Å². The minimum atomic E-state index is -4.26. The summed E-state index contributed by atoms with van der Waals surface area (Å²) in [5.41, 5.74) is -0.659. The number of aryl methyl sites for hydroxylation is 1. The van der Waals surface area contributed by atoms with Crippen LogP contribution in [0.5, 0.6) is 0 Å². The molecule has 1 nitrogen and oxygen atoms in total. The third-order valence-corrected chi connectivity index (χ3v) is 3.65. The number of benzene rings is 1. The lowest BCUT2D eigenvalue weighted by Gasteiger charge is -2.36. The molecule has 1 aliphatic carbocycles. The predicted molar refractivity (Wildman–Crippen MR) is 65.4 cm³/mol. The highest BCUT2D eigenvalue weighted by molar-refractivity contribution is 5.73. The van der Waals surface area contributed by atoms with Gasteiger partial charge in [-0.25, -0.2) is 0 Å². The molecule has 1 aromatic heterocycles. The number of hydrogen-bond donors (Lipinski definition) is 0. The van der Waals surface area contributed by atoms with E-state index in [0.29, 0.717) is 5.56 Å². The van der Waals surface area contributed by atoms with Crippen LogP contribution in [0.2, 0.25) is 0 Å². The fourth-order valence-electron chi connectivity index (χ4n) is 2.66. The van der Waals surface area contributed by atoms with Crippen LogP contribution in [0.1, 0.15) is 16.7 Å². The van der Waals surface area contributed by atoms with Crippen molar-refractivity contribution in [3.8, 4) is 11.3 Å². The Bertz CT molecular complexity index is 646. The minimum absolute atomic E-state index is 0.0384. The van der Waals surface area contributed by atoms with E-state index in [-0.39, 0.29) is 11.3 Å². The molecule has 0 saturated carbocycles. The lowest BCUT2D eigenvalue weighted by molar-refractivity contribution is -0.602. The standard InChI is InChI=1S/C15H11F4N/c1-9-5-3-6-10-12(9)13-11(7-4-8-20(13)2)15(18,19)14(10,16)17/h3-8H,2H2,1H3. The molecule has 3 rings (SSSR count). The number of alkyl halides is 4. The Balaban J connectivity index is 2.52. The van der Waals surface area contributed by atoms with Crippen molar-refractivity contribution in [3.63, 3.8) is 0 Å². The maximum atomic E-state index is 14.2. The minimum Gasteiger partial charge on any atom is -0.332 e. The maximum absolute atomic E-state index is 14.2. The average molecular weight is 281 g/mol. The molecule has 0 amide bonds. The maximum Gasteiger partial charge on any atom is 0.338 e. The van der Waals surface area contributed by atoms with E-state index in [9.17, 15) is 17.6 Å². The van der Waals surface area contributed by atoms with E-state index in [1.54, 1.807) is 13.0 Å². The smallest absolute Gasteiger partial charge is 0.332 e. The Labute approximate surface area is 113 Å². The molecule has 1 heterocycles. The van der Waals surface area contributed by atoms with Crippen LogP contribution in [0.4, 0.5) is 17.6 Å². The normalized spacial score (nSPS) is 18.2. The van der Waals surface area contributed by atoms with Gasteiger partial charge in [-0.3, -0.25) is 0 Å². The second kappa shape index (κ2) is 3.75. The van der Waals surface area contributed by atoms with Gasteiger partial charge in [0, 0.05) is 23.7 Å². The lowest BCUT2D eigenvalue weighted by atomic mass is 9.81. The summed E-state index contributed by atoms with van der Waals surface area (Å²) in [5, 5.41) is 0. The van der Waals surface area contributed by atoms with E-state index in [1.807, 2.05) is 0 Å². The van der Waals surface area contributed by atoms with Crippen molar-refractivity contribution >= 4 is 0 Å². The van der Waals surface area contributed by atoms with Gasteiger partial charge < -0.3 is 4.57 Å². The average Bonchev–Trinajstić information content (AvgIpc) is 2.37. The van der Waals surface area contributed by atoms with Crippen LogP contribution in [0.25, 0.3) is 11.3 Å². The number of nitrogens with zero attached hydrogens (tertiary/aromatic N) is 1. The van der Waals surface area contributed by atoms with E-state index in [4.69, 9.17) is 0 Å². The summed E-state index contributed by atoms with van der Waals surface area (Å²) in [6.45, 7) is 1.62. The molecule has 0 atom stereocenters. The van der Waals surface area contributed by atoms with E-state index >= 15 is 0 Å². The van der Waals surface area contributed by atoms with E-state index in [0.717, 1.165) is 12.1 Å².